The highest BCUT2D eigenvalue weighted by Crippen LogP contribution is 2.24. The highest BCUT2D eigenvalue weighted by Gasteiger charge is 2.28. The second-order valence-corrected chi connectivity index (χ2v) is 11.0. The molecule has 0 aliphatic heterocycles. The van der Waals surface area contributed by atoms with Crippen LogP contribution in [-0.4, -0.2) is 34.9 Å². The number of carbonyl (C=O) groups excluding carboxylic acids is 2. The second kappa shape index (κ2) is 10.5. The molecule has 0 aliphatic carbocycles. The van der Waals surface area contributed by atoms with Crippen molar-refractivity contribution >= 4 is 27.7 Å². The largest absolute Gasteiger partial charge is 0.484 e. The summed E-state index contributed by atoms with van der Waals surface area (Å²) < 4.78 is 6.70. The SMILES string of the molecule is C[C@H](C(=O)NC(C)(C)C)N(Cc1cccc(Br)c1)C(=O)COc1ccc(C(C)(C)C)cc1. The zero-order chi connectivity index (χ0) is 24.1. The smallest absolute Gasteiger partial charge is 0.261 e. The molecule has 0 spiro atoms. The number of rotatable bonds is 7. The van der Waals surface area contributed by atoms with E-state index in [1.165, 1.54) is 5.56 Å². The van der Waals surface area contributed by atoms with E-state index in [9.17, 15) is 9.59 Å². The van der Waals surface area contributed by atoms with Crippen LogP contribution in [0.5, 0.6) is 5.75 Å². The molecule has 0 saturated heterocycles. The highest BCUT2D eigenvalue weighted by molar-refractivity contribution is 9.10. The van der Waals surface area contributed by atoms with Crippen LogP contribution >= 0.6 is 15.9 Å². The van der Waals surface area contributed by atoms with Gasteiger partial charge in [0.05, 0.1) is 0 Å². The third-order valence-corrected chi connectivity index (χ3v) is 5.48. The summed E-state index contributed by atoms with van der Waals surface area (Å²) in [5.41, 5.74) is 1.78. The molecule has 0 fully saturated rings. The summed E-state index contributed by atoms with van der Waals surface area (Å²) >= 11 is 3.47. The van der Waals surface area contributed by atoms with E-state index in [2.05, 4.69) is 42.0 Å². The molecule has 6 heteroatoms. The molecule has 0 aliphatic rings. The molecular weight excluding hydrogens is 468 g/mol. The summed E-state index contributed by atoms with van der Waals surface area (Å²) in [6.45, 7) is 14.1. The maximum atomic E-state index is 13.2. The van der Waals surface area contributed by atoms with Gasteiger partial charge < -0.3 is 15.0 Å². The Hall–Kier alpha value is -2.34. The van der Waals surface area contributed by atoms with Crippen LogP contribution in [0.2, 0.25) is 0 Å². The van der Waals surface area contributed by atoms with Crippen LogP contribution in [0.3, 0.4) is 0 Å². The summed E-state index contributed by atoms with van der Waals surface area (Å²) in [7, 11) is 0. The van der Waals surface area contributed by atoms with Crippen molar-refractivity contribution in [1.29, 1.82) is 0 Å². The third kappa shape index (κ3) is 7.97. The molecule has 0 unspecified atom stereocenters. The van der Waals surface area contributed by atoms with Gasteiger partial charge in [0.2, 0.25) is 5.91 Å². The van der Waals surface area contributed by atoms with Gasteiger partial charge in [0.25, 0.3) is 5.91 Å². The quantitative estimate of drug-likeness (QED) is 0.546. The lowest BCUT2D eigenvalue weighted by molar-refractivity contribution is -0.142. The van der Waals surface area contributed by atoms with E-state index in [0.29, 0.717) is 12.3 Å². The van der Waals surface area contributed by atoms with Gasteiger partial charge in [-0.15, -0.1) is 0 Å². The first-order chi connectivity index (χ1) is 14.8. The standard InChI is InChI=1S/C26H35BrN2O3/c1-18(24(31)28-26(5,6)7)29(16-19-9-8-10-21(27)15-19)23(30)17-32-22-13-11-20(12-14-22)25(2,3)4/h8-15,18H,16-17H2,1-7H3,(H,28,31)/t18-/m1/s1. The number of nitrogens with zero attached hydrogens (tertiary/aromatic N) is 1. The van der Waals surface area contributed by atoms with Gasteiger partial charge in [-0.05, 0) is 68.5 Å². The van der Waals surface area contributed by atoms with Crippen LogP contribution in [0.25, 0.3) is 0 Å². The van der Waals surface area contributed by atoms with Crippen molar-refractivity contribution in [2.75, 3.05) is 6.61 Å². The summed E-state index contributed by atoms with van der Waals surface area (Å²) in [5, 5.41) is 2.96. The Morgan fingerprint density at radius 3 is 2.19 bits per heavy atom. The molecule has 0 aromatic heterocycles. The van der Waals surface area contributed by atoms with Crippen LogP contribution in [0.1, 0.15) is 59.6 Å². The molecule has 2 rings (SSSR count). The molecule has 2 aromatic carbocycles. The summed E-state index contributed by atoms with van der Waals surface area (Å²) in [5.74, 6) is 0.178. The third-order valence-electron chi connectivity index (χ3n) is 4.99. The van der Waals surface area contributed by atoms with Gasteiger partial charge >= 0.3 is 0 Å². The molecule has 0 saturated carbocycles. The fraction of sp³-hybridized carbons (Fsp3) is 0.462. The van der Waals surface area contributed by atoms with Crippen LogP contribution < -0.4 is 10.1 Å². The normalized spacial score (nSPS) is 12.8. The van der Waals surface area contributed by atoms with Crippen LogP contribution in [-0.2, 0) is 21.5 Å². The lowest BCUT2D eigenvalue weighted by Gasteiger charge is -2.31. The molecule has 2 aromatic rings. The van der Waals surface area contributed by atoms with Gasteiger partial charge in [-0.2, -0.15) is 0 Å². The van der Waals surface area contributed by atoms with Gasteiger partial charge in [0, 0.05) is 16.6 Å². The Kier molecular flexibility index (Phi) is 8.52. The van der Waals surface area contributed by atoms with Crippen molar-refractivity contribution in [3.8, 4) is 5.75 Å². The Labute approximate surface area is 200 Å². The Balaban J connectivity index is 2.16. The molecule has 32 heavy (non-hydrogen) atoms. The monoisotopic (exact) mass is 502 g/mol. The highest BCUT2D eigenvalue weighted by atomic mass is 79.9. The molecule has 0 bridgehead atoms. The first kappa shape index (κ1) is 25.9. The molecule has 1 atom stereocenters. The fourth-order valence-corrected chi connectivity index (χ4v) is 3.61. The van der Waals surface area contributed by atoms with E-state index >= 15 is 0 Å². The number of hydrogen-bond acceptors (Lipinski definition) is 3. The van der Waals surface area contributed by atoms with Gasteiger partial charge in [0.1, 0.15) is 11.8 Å². The Morgan fingerprint density at radius 1 is 1.03 bits per heavy atom. The predicted molar refractivity (Wildman–Crippen MR) is 133 cm³/mol. The first-order valence-electron chi connectivity index (χ1n) is 10.9. The summed E-state index contributed by atoms with van der Waals surface area (Å²) in [6, 6.07) is 14.9. The lowest BCUT2D eigenvalue weighted by Crippen LogP contribution is -2.53. The van der Waals surface area contributed by atoms with E-state index in [-0.39, 0.29) is 29.4 Å². The minimum absolute atomic E-state index is 0.0466. The number of benzene rings is 2. The van der Waals surface area contributed by atoms with Crippen LogP contribution in [0.15, 0.2) is 53.0 Å². The zero-order valence-corrected chi connectivity index (χ0v) is 21.7. The van der Waals surface area contributed by atoms with Crippen molar-refractivity contribution in [2.24, 2.45) is 0 Å². The molecule has 5 nitrogen and oxygen atoms in total. The van der Waals surface area contributed by atoms with Crippen LogP contribution in [0, 0.1) is 0 Å². The number of hydrogen-bond donors (Lipinski definition) is 1. The van der Waals surface area contributed by atoms with Crippen molar-refractivity contribution in [3.63, 3.8) is 0 Å². The number of ether oxygens (including phenoxy) is 1. The Morgan fingerprint density at radius 2 is 1.66 bits per heavy atom. The molecule has 0 heterocycles. The van der Waals surface area contributed by atoms with Gasteiger partial charge in [-0.1, -0.05) is 61.0 Å². The Bertz CT molecular complexity index is 927. The topological polar surface area (TPSA) is 58.6 Å². The van der Waals surface area contributed by atoms with Crippen molar-refractivity contribution in [1.82, 2.24) is 10.2 Å². The minimum Gasteiger partial charge on any atom is -0.484 e. The second-order valence-electron chi connectivity index (χ2n) is 10.1. The number of carbonyl (C=O) groups is 2. The van der Waals surface area contributed by atoms with Crippen LogP contribution in [0.4, 0.5) is 0 Å². The lowest BCUT2D eigenvalue weighted by atomic mass is 9.87. The van der Waals surface area contributed by atoms with Crippen molar-refractivity contribution in [3.05, 3.63) is 64.1 Å². The average Bonchev–Trinajstić information content (AvgIpc) is 2.68. The van der Waals surface area contributed by atoms with Gasteiger partial charge in [0.15, 0.2) is 6.61 Å². The predicted octanol–water partition coefficient (Wildman–Crippen LogP) is 5.46. The number of amides is 2. The maximum absolute atomic E-state index is 13.2. The van der Waals surface area contributed by atoms with Crippen molar-refractivity contribution in [2.45, 2.75) is 72.0 Å². The zero-order valence-electron chi connectivity index (χ0n) is 20.2. The average molecular weight is 503 g/mol. The fourth-order valence-electron chi connectivity index (χ4n) is 3.17. The first-order valence-corrected chi connectivity index (χ1v) is 11.6. The summed E-state index contributed by atoms with van der Waals surface area (Å²) in [4.78, 5) is 27.5. The van der Waals surface area contributed by atoms with E-state index in [0.717, 1.165) is 10.0 Å². The summed E-state index contributed by atoms with van der Waals surface area (Å²) in [6.07, 6.45) is 0. The molecule has 0 radical (unpaired) electrons. The minimum atomic E-state index is -0.646. The van der Waals surface area contributed by atoms with E-state index in [1.807, 2.05) is 69.3 Å². The number of halogens is 1. The number of nitrogens with one attached hydrogen (secondary N) is 1. The van der Waals surface area contributed by atoms with E-state index in [4.69, 9.17) is 4.74 Å². The molecule has 174 valence electrons. The van der Waals surface area contributed by atoms with Gasteiger partial charge in [-0.3, -0.25) is 9.59 Å². The van der Waals surface area contributed by atoms with E-state index < -0.39 is 6.04 Å². The van der Waals surface area contributed by atoms with E-state index in [1.54, 1.807) is 11.8 Å². The van der Waals surface area contributed by atoms with Crippen molar-refractivity contribution < 1.29 is 14.3 Å². The molecule has 2 amide bonds. The van der Waals surface area contributed by atoms with Gasteiger partial charge in [-0.25, -0.2) is 0 Å². The molecule has 1 N–H and O–H groups in total. The molecular formula is C26H35BrN2O3. The maximum Gasteiger partial charge on any atom is 0.261 e.